The Morgan fingerprint density at radius 1 is 0.645 bits per heavy atom. The summed E-state index contributed by atoms with van der Waals surface area (Å²) in [6.45, 7) is 0. The Hall–Kier alpha value is -3.38. The van der Waals surface area contributed by atoms with Crippen molar-refractivity contribution < 1.29 is 31.0 Å². The average molecular weight is 458 g/mol. The fourth-order valence-corrected chi connectivity index (χ4v) is 4.60. The maximum atomic E-state index is 11.8. The molecule has 0 aliphatic heterocycles. The molecule has 4 rings (SSSR count). The van der Waals surface area contributed by atoms with Crippen LogP contribution in [-0.2, 0) is 20.2 Å². The molecule has 0 saturated heterocycles. The van der Waals surface area contributed by atoms with Crippen LogP contribution in [0.4, 0.5) is 11.4 Å². The SMILES string of the molecule is O=S(=O)(O)c1ccc2ccccc2c1N=Nc1cc(S(=O)(=O)O)c2ccccc2c1O. The van der Waals surface area contributed by atoms with E-state index in [9.17, 15) is 31.0 Å². The largest absolute Gasteiger partial charge is 0.505 e. The standard InChI is InChI=1S/C20H14N2O7S2/c23-20-15-8-4-3-7-14(15)18(31(27,28)29)11-16(20)21-22-19-13-6-2-1-5-12(13)9-10-17(19)30(24,25)26/h1-11,23H,(H,24,25,26)(H,27,28,29). The Bertz CT molecular complexity index is 1600. The summed E-state index contributed by atoms with van der Waals surface area (Å²) in [5.41, 5.74) is -0.512. The molecule has 0 aromatic heterocycles. The van der Waals surface area contributed by atoms with Gasteiger partial charge in [-0.05, 0) is 17.5 Å². The van der Waals surface area contributed by atoms with E-state index in [1.807, 2.05) is 0 Å². The zero-order chi connectivity index (χ0) is 22.4. The van der Waals surface area contributed by atoms with Gasteiger partial charge in [0.15, 0.2) is 5.75 Å². The van der Waals surface area contributed by atoms with Gasteiger partial charge >= 0.3 is 0 Å². The molecule has 0 radical (unpaired) electrons. The molecule has 0 amide bonds. The lowest BCUT2D eigenvalue weighted by Crippen LogP contribution is -1.99. The first kappa shape index (κ1) is 20.9. The van der Waals surface area contributed by atoms with E-state index in [2.05, 4.69) is 10.2 Å². The van der Waals surface area contributed by atoms with Gasteiger partial charge in [-0.15, -0.1) is 10.2 Å². The van der Waals surface area contributed by atoms with Crippen LogP contribution in [0.15, 0.2) is 86.7 Å². The molecule has 0 atom stereocenters. The van der Waals surface area contributed by atoms with Crippen LogP contribution >= 0.6 is 0 Å². The second kappa shape index (κ2) is 7.39. The van der Waals surface area contributed by atoms with Crippen LogP contribution in [0.5, 0.6) is 5.75 Å². The molecular formula is C20H14N2O7S2. The normalized spacial score (nSPS) is 12.7. The number of aromatic hydroxyl groups is 1. The van der Waals surface area contributed by atoms with Crippen LogP contribution < -0.4 is 0 Å². The maximum absolute atomic E-state index is 11.8. The van der Waals surface area contributed by atoms with Gasteiger partial charge in [0.05, 0.1) is 0 Å². The van der Waals surface area contributed by atoms with Gasteiger partial charge < -0.3 is 5.11 Å². The second-order valence-electron chi connectivity index (χ2n) is 6.57. The molecule has 4 aromatic carbocycles. The van der Waals surface area contributed by atoms with Gasteiger partial charge in [0.1, 0.15) is 21.2 Å². The van der Waals surface area contributed by atoms with E-state index in [-0.39, 0.29) is 22.1 Å². The van der Waals surface area contributed by atoms with Gasteiger partial charge in [-0.3, -0.25) is 9.11 Å². The minimum absolute atomic E-state index is 0.0743. The van der Waals surface area contributed by atoms with Crippen LogP contribution in [0.1, 0.15) is 0 Å². The molecule has 0 heterocycles. The smallest absolute Gasteiger partial charge is 0.296 e. The first-order valence-electron chi connectivity index (χ1n) is 8.70. The summed E-state index contributed by atoms with van der Waals surface area (Å²) < 4.78 is 66.5. The topological polar surface area (TPSA) is 154 Å². The minimum Gasteiger partial charge on any atom is -0.505 e. The molecule has 0 aliphatic rings. The fraction of sp³-hybridized carbons (Fsp3) is 0. The number of azo groups is 1. The molecule has 0 spiro atoms. The molecule has 0 unspecified atom stereocenters. The molecule has 31 heavy (non-hydrogen) atoms. The summed E-state index contributed by atoms with van der Waals surface area (Å²) in [6.07, 6.45) is 0. The van der Waals surface area contributed by atoms with Gasteiger partial charge in [-0.2, -0.15) is 16.8 Å². The molecular weight excluding hydrogens is 444 g/mol. The third-order valence-electron chi connectivity index (χ3n) is 4.64. The molecule has 0 bridgehead atoms. The average Bonchev–Trinajstić information content (AvgIpc) is 2.71. The summed E-state index contributed by atoms with van der Waals surface area (Å²) in [7, 11) is -9.32. The first-order valence-corrected chi connectivity index (χ1v) is 11.6. The Balaban J connectivity index is 2.01. The number of hydrogen-bond acceptors (Lipinski definition) is 7. The summed E-state index contributed by atoms with van der Waals surface area (Å²) in [4.78, 5) is -1.01. The zero-order valence-electron chi connectivity index (χ0n) is 15.5. The number of nitrogens with zero attached hydrogens (tertiary/aromatic N) is 2. The van der Waals surface area contributed by atoms with Gasteiger partial charge in [0.25, 0.3) is 20.2 Å². The van der Waals surface area contributed by atoms with Crippen molar-refractivity contribution in [1.29, 1.82) is 0 Å². The molecule has 158 valence electrons. The lowest BCUT2D eigenvalue weighted by atomic mass is 10.1. The maximum Gasteiger partial charge on any atom is 0.296 e. The molecule has 4 aromatic rings. The third-order valence-corrected chi connectivity index (χ3v) is 6.41. The summed E-state index contributed by atoms with van der Waals surface area (Å²) in [5.74, 6) is -0.416. The number of rotatable bonds is 4. The molecule has 0 aliphatic carbocycles. The number of phenols is 1. The Morgan fingerprint density at radius 3 is 1.87 bits per heavy atom. The number of hydrogen-bond donors (Lipinski definition) is 3. The van der Waals surface area contributed by atoms with Crippen molar-refractivity contribution in [2.24, 2.45) is 10.2 Å². The zero-order valence-corrected chi connectivity index (χ0v) is 17.2. The second-order valence-corrected chi connectivity index (χ2v) is 9.35. The summed E-state index contributed by atoms with van der Waals surface area (Å²) in [6, 6.07) is 16.1. The van der Waals surface area contributed by atoms with Crippen molar-refractivity contribution in [3.8, 4) is 5.75 Å². The summed E-state index contributed by atoms with van der Waals surface area (Å²) >= 11 is 0. The Morgan fingerprint density at radius 2 is 1.23 bits per heavy atom. The van der Waals surface area contributed by atoms with Crippen molar-refractivity contribution in [3.05, 3.63) is 66.7 Å². The van der Waals surface area contributed by atoms with Gasteiger partial charge in [-0.25, -0.2) is 0 Å². The van der Waals surface area contributed by atoms with Crippen LogP contribution in [-0.4, -0.2) is 31.0 Å². The van der Waals surface area contributed by atoms with Crippen molar-refractivity contribution in [2.75, 3.05) is 0 Å². The molecule has 0 saturated carbocycles. The Labute approximate surface area is 176 Å². The van der Waals surface area contributed by atoms with Crippen molar-refractivity contribution in [3.63, 3.8) is 0 Å². The lowest BCUT2D eigenvalue weighted by molar-refractivity contribution is 0.479. The van der Waals surface area contributed by atoms with Crippen LogP contribution in [0.2, 0.25) is 0 Å². The fourth-order valence-electron chi connectivity index (χ4n) is 3.25. The minimum atomic E-state index is -4.67. The Kier molecular flexibility index (Phi) is 4.98. The third kappa shape index (κ3) is 3.86. The first-order chi connectivity index (χ1) is 14.6. The van der Waals surface area contributed by atoms with E-state index < -0.39 is 35.8 Å². The van der Waals surface area contributed by atoms with E-state index in [4.69, 9.17) is 0 Å². The lowest BCUT2D eigenvalue weighted by Gasteiger charge is -2.09. The van der Waals surface area contributed by atoms with Crippen LogP contribution in [0.3, 0.4) is 0 Å². The van der Waals surface area contributed by atoms with Gasteiger partial charge in [0.2, 0.25) is 0 Å². The predicted octanol–water partition coefficient (Wildman–Crippen LogP) is 4.61. The molecule has 9 nitrogen and oxygen atoms in total. The number of fused-ring (bicyclic) bond motifs is 2. The van der Waals surface area contributed by atoms with Crippen molar-refractivity contribution in [1.82, 2.24) is 0 Å². The highest BCUT2D eigenvalue weighted by Gasteiger charge is 2.21. The monoisotopic (exact) mass is 458 g/mol. The van der Waals surface area contributed by atoms with Crippen LogP contribution in [0, 0.1) is 0 Å². The highest BCUT2D eigenvalue weighted by Crippen LogP contribution is 2.41. The van der Waals surface area contributed by atoms with Crippen molar-refractivity contribution in [2.45, 2.75) is 9.79 Å². The van der Waals surface area contributed by atoms with Crippen LogP contribution in [0.25, 0.3) is 21.5 Å². The van der Waals surface area contributed by atoms with Gasteiger partial charge in [-0.1, -0.05) is 54.6 Å². The highest BCUT2D eigenvalue weighted by atomic mass is 32.2. The number of phenolic OH excluding ortho intramolecular Hbond substituents is 1. The molecule has 11 heteroatoms. The molecule has 0 fully saturated rings. The van der Waals surface area contributed by atoms with E-state index in [1.165, 1.54) is 24.3 Å². The van der Waals surface area contributed by atoms with E-state index in [0.29, 0.717) is 10.8 Å². The van der Waals surface area contributed by atoms with E-state index in [0.717, 1.165) is 12.1 Å². The molecule has 3 N–H and O–H groups in total. The summed E-state index contributed by atoms with van der Waals surface area (Å²) in [5, 5.41) is 19.5. The van der Waals surface area contributed by atoms with Gasteiger partial charge in [0, 0.05) is 16.2 Å². The number of benzene rings is 4. The van der Waals surface area contributed by atoms with Crippen molar-refractivity contribution >= 4 is 53.2 Å². The predicted molar refractivity (Wildman–Crippen MR) is 113 cm³/mol. The van der Waals surface area contributed by atoms with E-state index in [1.54, 1.807) is 30.3 Å². The highest BCUT2D eigenvalue weighted by molar-refractivity contribution is 7.86. The quantitative estimate of drug-likeness (QED) is 0.298. The van der Waals surface area contributed by atoms with E-state index >= 15 is 0 Å².